The molecule has 0 fully saturated rings. The molecule has 6 heteroatoms. The number of hydrogen-bond acceptors (Lipinski definition) is 3. The van der Waals surface area contributed by atoms with E-state index in [1.165, 1.54) is 6.07 Å². The van der Waals surface area contributed by atoms with Crippen LogP contribution in [0, 0.1) is 11.6 Å². The first-order valence-corrected chi connectivity index (χ1v) is 8.06. The number of hydrogen-bond donors (Lipinski definition) is 1. The van der Waals surface area contributed by atoms with E-state index in [1.807, 2.05) is 6.92 Å². The largest absolute Gasteiger partial charge is 0.452 e. The van der Waals surface area contributed by atoms with Gasteiger partial charge in [0.25, 0.3) is 5.91 Å². The summed E-state index contributed by atoms with van der Waals surface area (Å²) in [6.07, 6.45) is 0.260. The van der Waals surface area contributed by atoms with E-state index >= 15 is 0 Å². The number of rotatable bonds is 4. The quantitative estimate of drug-likeness (QED) is 0.857. The molecule has 25 heavy (non-hydrogen) atoms. The molecule has 1 unspecified atom stereocenters. The predicted octanol–water partition coefficient (Wildman–Crippen LogP) is 3.84. The number of benzene rings is 2. The first-order chi connectivity index (χ1) is 12.0. The second kappa shape index (κ2) is 7.01. The molecular formula is C19H17F2NO3. The molecular weight excluding hydrogens is 328 g/mol. The van der Waals surface area contributed by atoms with Crippen LogP contribution in [0.3, 0.4) is 0 Å². The zero-order chi connectivity index (χ0) is 18.0. The van der Waals surface area contributed by atoms with Gasteiger partial charge in [-0.15, -0.1) is 0 Å². The van der Waals surface area contributed by atoms with Crippen molar-refractivity contribution in [2.24, 2.45) is 0 Å². The Labute approximate surface area is 143 Å². The van der Waals surface area contributed by atoms with Gasteiger partial charge in [-0.25, -0.2) is 8.78 Å². The standard InChI is InChI=1S/C19H17F2NO3/c1-2-3-18(23)25-17-10-13-8-11(5-7-16(13)22-19(17)24)12-4-6-14(20)15(21)9-12/h4-9,17H,2-3,10H2,1H3,(H,22,24). The first kappa shape index (κ1) is 17.1. The highest BCUT2D eigenvalue weighted by molar-refractivity contribution is 5.98. The molecule has 1 aliphatic heterocycles. The smallest absolute Gasteiger partial charge is 0.306 e. The van der Waals surface area contributed by atoms with Crippen LogP contribution in [-0.4, -0.2) is 18.0 Å². The summed E-state index contributed by atoms with van der Waals surface area (Å²) in [5.41, 5.74) is 2.61. The van der Waals surface area contributed by atoms with Gasteiger partial charge in [0.05, 0.1) is 0 Å². The Bertz CT molecular complexity index is 835. The van der Waals surface area contributed by atoms with E-state index < -0.39 is 23.7 Å². The van der Waals surface area contributed by atoms with Gasteiger partial charge in [0.1, 0.15) is 0 Å². The summed E-state index contributed by atoms with van der Waals surface area (Å²) in [4.78, 5) is 23.7. The maximum atomic E-state index is 13.4. The predicted molar refractivity (Wildman–Crippen MR) is 88.9 cm³/mol. The fraction of sp³-hybridized carbons (Fsp3) is 0.263. The molecule has 130 valence electrons. The van der Waals surface area contributed by atoms with Gasteiger partial charge in [-0.2, -0.15) is 0 Å². The molecule has 1 heterocycles. The van der Waals surface area contributed by atoms with Crippen LogP contribution in [0.1, 0.15) is 25.3 Å². The lowest BCUT2D eigenvalue weighted by molar-refractivity contribution is -0.154. The minimum absolute atomic E-state index is 0.244. The average Bonchev–Trinajstić information content (AvgIpc) is 2.58. The molecule has 1 atom stereocenters. The van der Waals surface area contributed by atoms with Gasteiger partial charge < -0.3 is 10.1 Å². The highest BCUT2D eigenvalue weighted by Gasteiger charge is 2.29. The summed E-state index contributed by atoms with van der Waals surface area (Å²) in [5.74, 6) is -2.60. The third-order valence-corrected chi connectivity index (χ3v) is 4.04. The van der Waals surface area contributed by atoms with Crippen molar-refractivity contribution < 1.29 is 23.1 Å². The second-order valence-electron chi connectivity index (χ2n) is 5.92. The molecule has 2 aromatic rings. The fourth-order valence-corrected chi connectivity index (χ4v) is 2.76. The molecule has 0 aliphatic carbocycles. The summed E-state index contributed by atoms with van der Waals surface area (Å²) >= 11 is 0. The highest BCUT2D eigenvalue weighted by Crippen LogP contribution is 2.30. The third kappa shape index (κ3) is 3.68. The Balaban J connectivity index is 1.86. The molecule has 0 bridgehead atoms. The van der Waals surface area contributed by atoms with Crippen LogP contribution in [0.2, 0.25) is 0 Å². The summed E-state index contributed by atoms with van der Waals surface area (Å²) in [6.45, 7) is 1.85. The molecule has 1 N–H and O–H groups in total. The monoisotopic (exact) mass is 345 g/mol. The minimum atomic E-state index is -0.921. The molecule has 1 aliphatic rings. The summed E-state index contributed by atoms with van der Waals surface area (Å²) < 4.78 is 31.8. The van der Waals surface area contributed by atoms with Gasteiger partial charge in [-0.1, -0.05) is 19.1 Å². The summed E-state index contributed by atoms with van der Waals surface area (Å²) in [6, 6.07) is 8.88. The number of halogens is 2. The van der Waals surface area contributed by atoms with Crippen LogP contribution in [0.25, 0.3) is 11.1 Å². The number of amides is 1. The van der Waals surface area contributed by atoms with Gasteiger partial charge in [-0.3, -0.25) is 9.59 Å². The number of nitrogens with one attached hydrogen (secondary N) is 1. The van der Waals surface area contributed by atoms with Crippen molar-refractivity contribution in [1.29, 1.82) is 0 Å². The van der Waals surface area contributed by atoms with Crippen molar-refractivity contribution in [2.75, 3.05) is 5.32 Å². The Hall–Kier alpha value is -2.76. The van der Waals surface area contributed by atoms with E-state index in [4.69, 9.17) is 4.74 Å². The topological polar surface area (TPSA) is 55.4 Å². The van der Waals surface area contributed by atoms with Crippen molar-refractivity contribution in [3.05, 3.63) is 53.6 Å². The van der Waals surface area contributed by atoms with Crippen LogP contribution in [0.5, 0.6) is 0 Å². The van der Waals surface area contributed by atoms with Crippen molar-refractivity contribution in [3.63, 3.8) is 0 Å². The lowest BCUT2D eigenvalue weighted by Crippen LogP contribution is -2.38. The maximum Gasteiger partial charge on any atom is 0.306 e. The van der Waals surface area contributed by atoms with Crippen LogP contribution in [0.15, 0.2) is 36.4 Å². The van der Waals surface area contributed by atoms with Crippen molar-refractivity contribution >= 4 is 17.6 Å². The van der Waals surface area contributed by atoms with Crippen LogP contribution in [-0.2, 0) is 20.7 Å². The van der Waals surface area contributed by atoms with Gasteiger partial charge in [0.15, 0.2) is 17.7 Å². The number of esters is 1. The molecule has 2 aromatic carbocycles. The SMILES string of the molecule is CCCC(=O)OC1Cc2cc(-c3ccc(F)c(F)c3)ccc2NC1=O. The average molecular weight is 345 g/mol. The van der Waals surface area contributed by atoms with Crippen molar-refractivity contribution in [1.82, 2.24) is 0 Å². The number of anilines is 1. The lowest BCUT2D eigenvalue weighted by atomic mass is 9.95. The summed E-state index contributed by atoms with van der Waals surface area (Å²) in [5, 5.41) is 2.71. The molecule has 1 amide bonds. The van der Waals surface area contributed by atoms with E-state index in [-0.39, 0.29) is 18.7 Å². The van der Waals surface area contributed by atoms with Crippen LogP contribution >= 0.6 is 0 Å². The van der Waals surface area contributed by atoms with E-state index in [0.29, 0.717) is 23.2 Å². The van der Waals surface area contributed by atoms with Crippen LogP contribution < -0.4 is 5.32 Å². The molecule has 3 rings (SSSR count). The molecule has 0 radical (unpaired) electrons. The Kier molecular flexibility index (Phi) is 4.79. The Morgan fingerprint density at radius 1 is 1.16 bits per heavy atom. The van der Waals surface area contributed by atoms with E-state index in [2.05, 4.69) is 5.32 Å². The summed E-state index contributed by atoms with van der Waals surface area (Å²) in [7, 11) is 0. The maximum absolute atomic E-state index is 13.4. The molecule has 0 spiro atoms. The Morgan fingerprint density at radius 2 is 1.88 bits per heavy atom. The van der Waals surface area contributed by atoms with E-state index in [9.17, 15) is 18.4 Å². The van der Waals surface area contributed by atoms with E-state index in [1.54, 1.807) is 18.2 Å². The van der Waals surface area contributed by atoms with Crippen molar-refractivity contribution in [3.8, 4) is 11.1 Å². The zero-order valence-corrected chi connectivity index (χ0v) is 13.6. The van der Waals surface area contributed by atoms with Gasteiger partial charge in [0.2, 0.25) is 0 Å². The molecule has 0 aromatic heterocycles. The minimum Gasteiger partial charge on any atom is -0.452 e. The van der Waals surface area contributed by atoms with Gasteiger partial charge in [0, 0.05) is 18.5 Å². The van der Waals surface area contributed by atoms with E-state index in [0.717, 1.165) is 17.7 Å². The molecule has 4 nitrogen and oxygen atoms in total. The third-order valence-electron chi connectivity index (χ3n) is 4.04. The molecule has 0 saturated carbocycles. The van der Waals surface area contributed by atoms with Gasteiger partial charge >= 0.3 is 5.97 Å². The second-order valence-corrected chi connectivity index (χ2v) is 5.92. The number of fused-ring (bicyclic) bond motifs is 1. The highest BCUT2D eigenvalue weighted by atomic mass is 19.2. The molecule has 0 saturated heterocycles. The van der Waals surface area contributed by atoms with Gasteiger partial charge in [-0.05, 0) is 47.4 Å². The first-order valence-electron chi connectivity index (χ1n) is 8.06. The number of carbonyl (C=O) groups excluding carboxylic acids is 2. The lowest BCUT2D eigenvalue weighted by Gasteiger charge is -2.25. The number of carbonyl (C=O) groups is 2. The number of ether oxygens (including phenoxy) is 1. The van der Waals surface area contributed by atoms with Crippen LogP contribution in [0.4, 0.5) is 14.5 Å². The Morgan fingerprint density at radius 3 is 2.60 bits per heavy atom. The fourth-order valence-electron chi connectivity index (χ4n) is 2.76. The van der Waals surface area contributed by atoms with Crippen molar-refractivity contribution in [2.45, 2.75) is 32.3 Å². The zero-order valence-electron chi connectivity index (χ0n) is 13.6. The normalized spacial score (nSPS) is 16.1.